The zero-order valence-corrected chi connectivity index (χ0v) is 23.2. The third kappa shape index (κ3) is 8.28. The fourth-order valence-corrected chi connectivity index (χ4v) is 4.47. The normalized spacial score (nSPS) is 17.1. The van der Waals surface area contributed by atoms with E-state index in [2.05, 4.69) is 16.9 Å². The number of carbonyl (C=O) groups excluding carboxylic acids is 2. The Balaban J connectivity index is 0.00000145. The van der Waals surface area contributed by atoms with Gasteiger partial charge in [-0.1, -0.05) is 57.0 Å². The minimum Gasteiger partial charge on any atom is -0.352 e. The Morgan fingerprint density at radius 1 is 1.17 bits per heavy atom. The van der Waals surface area contributed by atoms with E-state index in [1.54, 1.807) is 12.3 Å². The molecule has 1 aliphatic rings. The molecule has 0 radical (unpaired) electrons. The molecule has 1 heterocycles. The van der Waals surface area contributed by atoms with E-state index in [1.165, 1.54) is 6.38 Å². The van der Waals surface area contributed by atoms with Crippen molar-refractivity contribution in [3.8, 4) is 0 Å². The number of benzene rings is 1. The van der Waals surface area contributed by atoms with Gasteiger partial charge in [0.25, 0.3) is 12.6 Å². The molecule has 1 fully saturated rings. The summed E-state index contributed by atoms with van der Waals surface area (Å²) in [6, 6.07) is 11.2. The van der Waals surface area contributed by atoms with Crippen molar-refractivity contribution in [2.45, 2.75) is 65.1 Å². The number of nitrogens with zero attached hydrogens (tertiary/aromatic N) is 2. The first-order valence-corrected chi connectivity index (χ1v) is 13.3. The lowest BCUT2D eigenvalue weighted by Crippen LogP contribution is -2.53. The molecule has 8 heteroatoms. The van der Waals surface area contributed by atoms with Crippen molar-refractivity contribution < 1.29 is 18.9 Å². The van der Waals surface area contributed by atoms with Gasteiger partial charge in [-0.25, -0.2) is 0 Å². The molecule has 2 aromatic rings. The zero-order valence-electron chi connectivity index (χ0n) is 21.7. The topological polar surface area (TPSA) is 62.5 Å². The number of hydrogen-bond donors (Lipinski definition) is 1. The lowest BCUT2D eigenvalue weighted by Gasteiger charge is -2.43. The molecule has 1 atom stereocenters. The third-order valence-corrected chi connectivity index (χ3v) is 6.14. The Morgan fingerprint density at radius 3 is 2.54 bits per heavy atom. The van der Waals surface area contributed by atoms with E-state index >= 15 is 0 Å². The molecule has 0 bridgehead atoms. The fourth-order valence-electron chi connectivity index (χ4n) is 4.17. The molecule has 3 rings (SSSR count). The van der Waals surface area contributed by atoms with Gasteiger partial charge in [0.2, 0.25) is 0 Å². The van der Waals surface area contributed by atoms with Gasteiger partial charge >= 0.3 is 0 Å². The number of alkyl halides is 1. The molecule has 1 saturated carbocycles. The number of rotatable bonds is 9. The number of aromatic nitrogens is 1. The second-order valence-corrected chi connectivity index (χ2v) is 8.40. The third-order valence-electron chi connectivity index (χ3n) is 5.81. The highest BCUT2D eigenvalue weighted by molar-refractivity contribution is 6.31. The first-order chi connectivity index (χ1) is 17.0. The van der Waals surface area contributed by atoms with Gasteiger partial charge in [0.15, 0.2) is 18.2 Å². The largest absolute Gasteiger partial charge is 0.352 e. The van der Waals surface area contributed by atoms with E-state index in [9.17, 15) is 9.59 Å². The summed E-state index contributed by atoms with van der Waals surface area (Å²) in [5.74, 6) is 0.0824. The van der Waals surface area contributed by atoms with Crippen LogP contribution in [0.2, 0.25) is 5.02 Å². The molecule has 1 unspecified atom stereocenters. The molecule has 1 aliphatic carbocycles. The van der Waals surface area contributed by atoms with Crippen molar-refractivity contribution in [3.05, 3.63) is 64.9 Å². The van der Waals surface area contributed by atoms with Gasteiger partial charge in [-0.05, 0) is 44.0 Å². The van der Waals surface area contributed by atoms with Crippen LogP contribution in [-0.4, -0.2) is 43.3 Å². The summed E-state index contributed by atoms with van der Waals surface area (Å²) in [5, 5.41) is 3.48. The van der Waals surface area contributed by atoms with Crippen molar-refractivity contribution in [1.82, 2.24) is 10.2 Å². The summed E-state index contributed by atoms with van der Waals surface area (Å²) in [5.41, 5.74) is 0.654. The van der Waals surface area contributed by atoms with Crippen LogP contribution in [0.1, 0.15) is 68.8 Å². The van der Waals surface area contributed by atoms with Crippen LogP contribution >= 0.6 is 23.2 Å². The Labute approximate surface area is 220 Å². The SMILES string of the molecule is CC.CCCNC(=O)c1ccc[n+](COCN(C)C2(c3ccccc3Cl)CCCCC2=O)c1.CCl. The highest BCUT2D eigenvalue weighted by atomic mass is 35.5. The molecule has 194 valence electrons. The number of carbonyl (C=O) groups is 2. The van der Waals surface area contributed by atoms with Crippen LogP contribution < -0.4 is 9.88 Å². The van der Waals surface area contributed by atoms with E-state index in [-0.39, 0.29) is 25.2 Å². The van der Waals surface area contributed by atoms with Crippen LogP contribution in [0, 0.1) is 0 Å². The minimum absolute atomic E-state index is 0.0983. The standard InChI is InChI=1S/C24H30ClN3O3.C2H6.CH3Cl/c1-3-14-26-23(30)19-9-8-15-28(16-19)18-31-17-27(2)24(13-7-6-12-22(24)29)20-10-4-5-11-21(20)25;2*1-2/h4-5,8-11,15-16H,3,6-7,12-14,17-18H2,1-2H3;1-2H3;1H3/p+1. The number of ether oxygens (including phenoxy) is 1. The molecule has 0 aliphatic heterocycles. The first-order valence-electron chi connectivity index (χ1n) is 12.2. The maximum absolute atomic E-state index is 13.1. The van der Waals surface area contributed by atoms with Crippen molar-refractivity contribution >= 4 is 34.9 Å². The Hall–Kier alpha value is -1.99. The van der Waals surface area contributed by atoms with Crippen LogP contribution in [0.4, 0.5) is 0 Å². The Kier molecular flexibility index (Phi) is 14.8. The number of ketones is 1. The maximum Gasteiger partial charge on any atom is 0.257 e. The van der Waals surface area contributed by atoms with Crippen LogP contribution in [-0.2, 0) is 21.8 Å². The molecule has 1 aromatic heterocycles. The number of halogens is 2. The van der Waals surface area contributed by atoms with E-state index in [0.29, 0.717) is 23.6 Å². The Morgan fingerprint density at radius 2 is 1.89 bits per heavy atom. The molecule has 0 saturated heterocycles. The second kappa shape index (κ2) is 16.6. The molecular formula is C27H40Cl2N3O3+. The van der Waals surface area contributed by atoms with Gasteiger partial charge in [-0.15, -0.1) is 11.6 Å². The van der Waals surface area contributed by atoms with E-state index < -0.39 is 5.54 Å². The first kappa shape index (κ1) is 31.0. The maximum atomic E-state index is 13.1. The van der Waals surface area contributed by atoms with Crippen LogP contribution in [0.3, 0.4) is 0 Å². The molecular weight excluding hydrogens is 485 g/mol. The fraction of sp³-hybridized carbons (Fsp3) is 0.519. The molecule has 1 N–H and O–H groups in total. The zero-order chi connectivity index (χ0) is 26.3. The number of hydrogen-bond acceptors (Lipinski definition) is 4. The van der Waals surface area contributed by atoms with E-state index in [1.807, 2.05) is 73.8 Å². The number of likely N-dealkylation sites (N-methyl/N-ethyl adjacent to an activating group) is 1. The molecule has 6 nitrogen and oxygen atoms in total. The van der Waals surface area contributed by atoms with E-state index in [4.69, 9.17) is 16.3 Å². The highest BCUT2D eigenvalue weighted by Gasteiger charge is 2.46. The quantitative estimate of drug-likeness (QED) is 0.265. The smallest absolute Gasteiger partial charge is 0.257 e. The van der Waals surface area contributed by atoms with Crippen LogP contribution in [0.15, 0.2) is 48.8 Å². The minimum atomic E-state index is -0.775. The summed E-state index contributed by atoms with van der Waals surface area (Å²) in [7, 11) is 1.91. The second-order valence-electron chi connectivity index (χ2n) is 7.99. The number of amides is 1. The van der Waals surface area contributed by atoms with Gasteiger partial charge in [0.1, 0.15) is 17.8 Å². The van der Waals surface area contributed by atoms with Gasteiger partial charge in [-0.3, -0.25) is 14.5 Å². The molecule has 1 aromatic carbocycles. The predicted molar refractivity (Wildman–Crippen MR) is 143 cm³/mol. The predicted octanol–water partition coefficient (Wildman–Crippen LogP) is 5.55. The summed E-state index contributed by atoms with van der Waals surface area (Å²) in [4.78, 5) is 27.3. The number of pyridine rings is 1. The summed E-state index contributed by atoms with van der Waals surface area (Å²) >= 11 is 11.1. The van der Waals surface area contributed by atoms with Gasteiger partial charge in [-0.2, -0.15) is 4.57 Å². The van der Waals surface area contributed by atoms with Crippen molar-refractivity contribution in [2.24, 2.45) is 0 Å². The van der Waals surface area contributed by atoms with Gasteiger partial charge < -0.3 is 10.1 Å². The summed E-state index contributed by atoms with van der Waals surface area (Å²) in [6.45, 7) is 7.19. The number of nitrogens with one attached hydrogen (secondary N) is 1. The Bertz CT molecular complexity index is 926. The van der Waals surface area contributed by atoms with Crippen molar-refractivity contribution in [1.29, 1.82) is 0 Å². The van der Waals surface area contributed by atoms with Crippen molar-refractivity contribution in [3.63, 3.8) is 0 Å². The van der Waals surface area contributed by atoms with Crippen molar-refractivity contribution in [2.75, 3.05) is 26.7 Å². The average molecular weight is 526 g/mol. The lowest BCUT2D eigenvalue weighted by atomic mass is 9.74. The summed E-state index contributed by atoms with van der Waals surface area (Å²) < 4.78 is 7.77. The van der Waals surface area contributed by atoms with Gasteiger partial charge in [0, 0.05) is 30.4 Å². The monoisotopic (exact) mass is 524 g/mol. The summed E-state index contributed by atoms with van der Waals surface area (Å²) in [6.07, 6.45) is 9.11. The van der Waals surface area contributed by atoms with Gasteiger partial charge in [0.05, 0.1) is 0 Å². The highest BCUT2D eigenvalue weighted by Crippen LogP contribution is 2.42. The number of Topliss-reactive ketones (excluding diaryl/α,β-unsaturated/α-hetero) is 1. The van der Waals surface area contributed by atoms with Crippen LogP contribution in [0.25, 0.3) is 0 Å². The van der Waals surface area contributed by atoms with E-state index in [0.717, 1.165) is 31.2 Å². The van der Waals surface area contributed by atoms with Crippen LogP contribution in [0.5, 0.6) is 0 Å². The lowest BCUT2D eigenvalue weighted by molar-refractivity contribution is -0.733. The molecule has 0 spiro atoms. The molecule has 35 heavy (non-hydrogen) atoms. The molecule has 1 amide bonds. The average Bonchev–Trinajstić information content (AvgIpc) is 2.90.